The lowest BCUT2D eigenvalue weighted by Crippen LogP contribution is -2.47. The number of Topliss-reactive ketones (excluding diaryl/α,β-unsaturated/α-hetero) is 1. The second kappa shape index (κ2) is 9.29. The van der Waals surface area contributed by atoms with Crippen LogP contribution < -0.4 is 16.1 Å². The third kappa shape index (κ3) is 4.37. The van der Waals surface area contributed by atoms with E-state index in [0.717, 1.165) is 34.6 Å². The van der Waals surface area contributed by atoms with Crippen LogP contribution in [0.5, 0.6) is 0 Å². The molecule has 37 heavy (non-hydrogen) atoms. The summed E-state index contributed by atoms with van der Waals surface area (Å²) < 4.78 is 2.56. The van der Waals surface area contributed by atoms with Crippen LogP contribution in [0.2, 0.25) is 0 Å². The quantitative estimate of drug-likeness (QED) is 0.525. The van der Waals surface area contributed by atoms with Gasteiger partial charge in [0.15, 0.2) is 0 Å². The highest BCUT2D eigenvalue weighted by Crippen LogP contribution is 2.47. The van der Waals surface area contributed by atoms with E-state index >= 15 is 0 Å². The zero-order valence-electron chi connectivity index (χ0n) is 22.2. The van der Waals surface area contributed by atoms with E-state index in [9.17, 15) is 14.4 Å². The maximum atomic E-state index is 13.5. The van der Waals surface area contributed by atoms with Gasteiger partial charge in [-0.3, -0.25) is 18.7 Å². The first-order valence-electron chi connectivity index (χ1n) is 12.9. The molecule has 0 bridgehead atoms. The number of carbonyl (C=O) groups is 1. The van der Waals surface area contributed by atoms with E-state index < -0.39 is 17.5 Å². The van der Waals surface area contributed by atoms with Crippen molar-refractivity contribution in [1.29, 1.82) is 0 Å². The van der Waals surface area contributed by atoms with Crippen molar-refractivity contribution in [2.24, 2.45) is 30.4 Å². The first kappa shape index (κ1) is 24.9. The lowest BCUT2D eigenvalue weighted by molar-refractivity contribution is -0.124. The predicted molar refractivity (Wildman–Crippen MR) is 147 cm³/mol. The zero-order chi connectivity index (χ0) is 26.5. The first-order valence-corrected chi connectivity index (χ1v) is 12.9. The van der Waals surface area contributed by atoms with Gasteiger partial charge in [-0.25, -0.2) is 9.79 Å². The highest BCUT2D eigenvalue weighted by Gasteiger charge is 2.47. The number of anilines is 1. The molecular weight excluding hydrogens is 464 g/mol. The fourth-order valence-electron chi connectivity index (χ4n) is 5.93. The zero-order valence-corrected chi connectivity index (χ0v) is 22.2. The number of aliphatic imine (C=N–C) groups is 1. The Bertz CT molecular complexity index is 1500. The van der Waals surface area contributed by atoms with Crippen molar-refractivity contribution >= 4 is 23.0 Å². The summed E-state index contributed by atoms with van der Waals surface area (Å²) in [6.45, 7) is 7.90. The molecule has 0 radical (unpaired) electrons. The van der Waals surface area contributed by atoms with Crippen molar-refractivity contribution in [3.63, 3.8) is 0 Å². The van der Waals surface area contributed by atoms with Crippen molar-refractivity contribution in [3.8, 4) is 0 Å². The molecule has 3 aromatic rings. The molecule has 2 atom stereocenters. The minimum absolute atomic E-state index is 0.102. The van der Waals surface area contributed by atoms with Crippen LogP contribution in [0.15, 0.2) is 69.2 Å². The fraction of sp³-hybridized carbons (Fsp3) is 0.400. The fourth-order valence-corrected chi connectivity index (χ4v) is 5.93. The number of carbonyl (C=O) groups excluding carboxylic acids is 1. The normalized spacial score (nSPS) is 20.1. The topological polar surface area (TPSA) is 76.7 Å². The molecule has 7 nitrogen and oxygen atoms in total. The number of benzene rings is 2. The van der Waals surface area contributed by atoms with Crippen molar-refractivity contribution in [2.75, 3.05) is 11.4 Å². The molecule has 1 aromatic heterocycles. The summed E-state index contributed by atoms with van der Waals surface area (Å²) in [5, 5.41) is 0. The Balaban J connectivity index is 1.61. The number of ketones is 1. The number of aromatic nitrogens is 2. The van der Waals surface area contributed by atoms with E-state index in [2.05, 4.69) is 49.9 Å². The van der Waals surface area contributed by atoms with Crippen molar-refractivity contribution in [3.05, 3.63) is 92.1 Å². The summed E-state index contributed by atoms with van der Waals surface area (Å²) in [6.07, 6.45) is 1.09. The van der Waals surface area contributed by atoms with Gasteiger partial charge in [-0.05, 0) is 42.0 Å². The molecular formula is C30H34N4O3. The number of hydrogen-bond acceptors (Lipinski definition) is 5. The smallest absolute Gasteiger partial charge is 0.332 e. The van der Waals surface area contributed by atoms with Crippen molar-refractivity contribution in [2.45, 2.75) is 46.1 Å². The van der Waals surface area contributed by atoms with Crippen LogP contribution in [0.4, 0.5) is 11.5 Å². The van der Waals surface area contributed by atoms with Gasteiger partial charge in [0.25, 0.3) is 5.56 Å². The van der Waals surface area contributed by atoms with E-state index in [-0.39, 0.29) is 16.8 Å². The number of nitrogens with zero attached hydrogens (tertiary/aromatic N) is 4. The molecule has 1 unspecified atom stereocenters. The van der Waals surface area contributed by atoms with E-state index in [4.69, 9.17) is 4.99 Å². The highest BCUT2D eigenvalue weighted by molar-refractivity contribution is 6.11. The van der Waals surface area contributed by atoms with Crippen LogP contribution in [0, 0.1) is 11.3 Å². The second-order valence-corrected chi connectivity index (χ2v) is 11.1. The number of hydrogen-bond donors (Lipinski definition) is 0. The summed E-state index contributed by atoms with van der Waals surface area (Å²) in [5.41, 5.74) is 3.38. The Kier molecular flexibility index (Phi) is 6.26. The first-order chi connectivity index (χ1) is 17.6. The third-order valence-corrected chi connectivity index (χ3v) is 7.80. The average Bonchev–Trinajstić information content (AvgIpc) is 2.88. The Morgan fingerprint density at radius 1 is 0.919 bits per heavy atom. The molecule has 0 spiro atoms. The minimum atomic E-state index is -0.497. The van der Waals surface area contributed by atoms with Gasteiger partial charge in [0.1, 0.15) is 11.6 Å². The molecule has 2 aromatic carbocycles. The Morgan fingerprint density at radius 3 is 2.24 bits per heavy atom. The number of fused-ring (bicyclic) bond motifs is 2. The Labute approximate surface area is 217 Å². The maximum Gasteiger partial charge on any atom is 0.332 e. The molecule has 1 fully saturated rings. The molecule has 0 saturated heterocycles. The van der Waals surface area contributed by atoms with E-state index in [1.54, 1.807) is 7.05 Å². The van der Waals surface area contributed by atoms with E-state index in [1.807, 2.05) is 30.3 Å². The standard InChI is InChI=1S/C30H34N4O3/c1-6-34(18-19-10-8-7-9-11-19)21-14-12-20(13-15-21)24-25-22(16-30(2,3)17-23(25)35)31-27-26(24)28(36)33(5)29(37)32(27)4/h7-15,24-25H,6,16-18H2,1-5H3/t24-,25?/m0/s1. The van der Waals surface area contributed by atoms with E-state index in [0.29, 0.717) is 24.2 Å². The molecule has 2 aliphatic rings. The van der Waals surface area contributed by atoms with Gasteiger partial charge in [0, 0.05) is 50.9 Å². The molecule has 0 amide bonds. The van der Waals surface area contributed by atoms with Crippen LogP contribution in [0.25, 0.3) is 0 Å². The number of rotatable bonds is 5. The van der Waals surface area contributed by atoms with Crippen molar-refractivity contribution < 1.29 is 4.79 Å². The summed E-state index contributed by atoms with van der Waals surface area (Å²) >= 11 is 0. The van der Waals surface area contributed by atoms with Crippen LogP contribution in [-0.4, -0.2) is 27.2 Å². The molecule has 7 heteroatoms. The summed E-state index contributed by atoms with van der Waals surface area (Å²) in [4.78, 5) is 46.8. The lowest BCUT2D eigenvalue weighted by Gasteiger charge is -2.41. The average molecular weight is 499 g/mol. The monoisotopic (exact) mass is 498 g/mol. The molecule has 1 saturated carbocycles. The van der Waals surface area contributed by atoms with Crippen LogP contribution in [0.1, 0.15) is 56.2 Å². The largest absolute Gasteiger partial charge is 0.367 e. The summed E-state index contributed by atoms with van der Waals surface area (Å²) in [6, 6.07) is 18.5. The van der Waals surface area contributed by atoms with Gasteiger partial charge in [-0.2, -0.15) is 0 Å². The molecule has 192 valence electrons. The molecule has 2 heterocycles. The van der Waals surface area contributed by atoms with Gasteiger partial charge in [0.05, 0.1) is 11.5 Å². The van der Waals surface area contributed by atoms with Gasteiger partial charge in [-0.1, -0.05) is 56.3 Å². The van der Waals surface area contributed by atoms with Gasteiger partial charge in [-0.15, -0.1) is 0 Å². The van der Waals surface area contributed by atoms with Crippen LogP contribution in [0.3, 0.4) is 0 Å². The summed E-state index contributed by atoms with van der Waals surface area (Å²) in [5.74, 6) is -0.499. The van der Waals surface area contributed by atoms with Crippen LogP contribution >= 0.6 is 0 Å². The van der Waals surface area contributed by atoms with Gasteiger partial charge in [0.2, 0.25) is 0 Å². The molecule has 1 aliphatic carbocycles. The molecule has 0 N–H and O–H groups in total. The van der Waals surface area contributed by atoms with Crippen molar-refractivity contribution in [1.82, 2.24) is 9.13 Å². The van der Waals surface area contributed by atoms with E-state index in [1.165, 1.54) is 17.2 Å². The maximum absolute atomic E-state index is 13.5. The highest BCUT2D eigenvalue weighted by atomic mass is 16.2. The third-order valence-electron chi connectivity index (χ3n) is 7.80. The van der Waals surface area contributed by atoms with Crippen LogP contribution in [-0.2, 0) is 25.4 Å². The van der Waals surface area contributed by atoms with Gasteiger partial charge >= 0.3 is 5.69 Å². The molecule has 5 rings (SSSR count). The molecule has 1 aliphatic heterocycles. The lowest BCUT2D eigenvalue weighted by atomic mass is 9.64. The SMILES string of the molecule is CCN(Cc1ccccc1)c1ccc([C@@H]2c3c(n(C)c(=O)n(C)c3=O)N=C3CC(C)(C)CC(=O)C32)cc1. The van der Waals surface area contributed by atoms with Gasteiger partial charge < -0.3 is 4.90 Å². The Hall–Kier alpha value is -3.74. The second-order valence-electron chi connectivity index (χ2n) is 11.1. The Morgan fingerprint density at radius 2 is 1.59 bits per heavy atom. The predicted octanol–water partition coefficient (Wildman–Crippen LogP) is 4.33. The minimum Gasteiger partial charge on any atom is -0.367 e. The summed E-state index contributed by atoms with van der Waals surface area (Å²) in [7, 11) is 3.13.